The van der Waals surface area contributed by atoms with Gasteiger partial charge in [0, 0.05) is 13.1 Å². The van der Waals surface area contributed by atoms with E-state index in [1.165, 1.54) is 34.4 Å². The zero-order chi connectivity index (χ0) is 17.9. The quantitative estimate of drug-likeness (QED) is 0.734. The molecule has 1 atom stereocenters. The average molecular weight is 370 g/mol. The molecule has 0 saturated heterocycles. The third-order valence-electron chi connectivity index (χ3n) is 5.56. The fourth-order valence-corrected chi connectivity index (χ4v) is 4.99. The summed E-state index contributed by atoms with van der Waals surface area (Å²) in [6.45, 7) is 2.20. The lowest BCUT2D eigenvalue weighted by molar-refractivity contribution is 0.299. The van der Waals surface area contributed by atoms with E-state index in [9.17, 15) is 0 Å². The van der Waals surface area contributed by atoms with Gasteiger partial charge in [-0.05, 0) is 73.5 Å². The Morgan fingerprint density at radius 1 is 1.27 bits per heavy atom. The predicted octanol–water partition coefficient (Wildman–Crippen LogP) is 4.73. The summed E-state index contributed by atoms with van der Waals surface area (Å²) >= 11 is 1.79. The Morgan fingerprint density at radius 3 is 3.08 bits per heavy atom. The van der Waals surface area contributed by atoms with Gasteiger partial charge in [-0.1, -0.05) is 30.0 Å². The minimum absolute atomic E-state index is 0.614. The first-order chi connectivity index (χ1) is 12.7. The van der Waals surface area contributed by atoms with Crippen molar-refractivity contribution in [3.8, 4) is 11.5 Å². The van der Waals surface area contributed by atoms with E-state index in [-0.39, 0.29) is 0 Å². The molecule has 0 bridgehead atoms. The highest BCUT2D eigenvalue weighted by molar-refractivity contribution is 7.99. The topological polar surface area (TPSA) is 21.7 Å². The molecule has 3 nitrogen and oxygen atoms in total. The first-order valence-corrected chi connectivity index (χ1v) is 10.5. The third-order valence-corrected chi connectivity index (χ3v) is 6.43. The molecule has 0 N–H and O–H groups in total. The Balaban J connectivity index is 1.38. The fourth-order valence-electron chi connectivity index (χ4n) is 4.18. The summed E-state index contributed by atoms with van der Waals surface area (Å²) in [6, 6.07) is 13.2. The Kier molecular flexibility index (Phi) is 5.41. The van der Waals surface area contributed by atoms with Crippen molar-refractivity contribution in [3.63, 3.8) is 0 Å². The molecule has 0 spiro atoms. The van der Waals surface area contributed by atoms with Crippen LogP contribution < -0.4 is 9.47 Å². The number of methoxy groups -OCH3 is 1. The summed E-state index contributed by atoms with van der Waals surface area (Å²) in [5.41, 5.74) is 4.32. The van der Waals surface area contributed by atoms with Crippen molar-refractivity contribution < 1.29 is 9.47 Å². The van der Waals surface area contributed by atoms with Gasteiger partial charge in [0.25, 0.3) is 0 Å². The summed E-state index contributed by atoms with van der Waals surface area (Å²) in [6.07, 6.45) is 4.77. The van der Waals surface area contributed by atoms with Crippen LogP contribution in [0.25, 0.3) is 0 Å². The summed E-state index contributed by atoms with van der Waals surface area (Å²) in [4.78, 5) is 3.77. The molecule has 26 heavy (non-hydrogen) atoms. The zero-order valence-electron chi connectivity index (χ0n) is 15.7. The molecule has 0 radical (unpaired) electrons. The van der Waals surface area contributed by atoms with Gasteiger partial charge in [0.2, 0.25) is 0 Å². The highest BCUT2D eigenvalue weighted by atomic mass is 32.2. The minimum atomic E-state index is 0.614. The van der Waals surface area contributed by atoms with Gasteiger partial charge in [-0.15, -0.1) is 0 Å². The maximum absolute atomic E-state index is 5.58. The Bertz CT molecular complexity index is 777. The number of nitrogens with zero attached hydrogens (tertiary/aromatic N) is 1. The fraction of sp³-hybridized carbons (Fsp3) is 0.455. The second kappa shape index (κ2) is 7.93. The predicted molar refractivity (Wildman–Crippen MR) is 108 cm³/mol. The van der Waals surface area contributed by atoms with Crippen molar-refractivity contribution in [2.75, 3.05) is 33.2 Å². The monoisotopic (exact) mass is 369 g/mol. The van der Waals surface area contributed by atoms with Gasteiger partial charge >= 0.3 is 0 Å². The normalized spacial score (nSPS) is 18.3. The van der Waals surface area contributed by atoms with E-state index >= 15 is 0 Å². The number of benzene rings is 2. The average Bonchev–Trinajstić information content (AvgIpc) is 3.14. The van der Waals surface area contributed by atoms with Crippen LogP contribution in [0.4, 0.5) is 0 Å². The highest BCUT2D eigenvalue weighted by Gasteiger charge is 2.23. The molecule has 0 amide bonds. The van der Waals surface area contributed by atoms with Crippen LogP contribution in [0.5, 0.6) is 11.5 Å². The molecule has 0 aromatic heterocycles. The van der Waals surface area contributed by atoms with E-state index in [1.807, 2.05) is 0 Å². The molecule has 2 aromatic rings. The van der Waals surface area contributed by atoms with Crippen LogP contribution in [0, 0.1) is 0 Å². The van der Waals surface area contributed by atoms with Gasteiger partial charge in [0.15, 0.2) is 0 Å². The standard InChI is InChI=1S/C22H27NO2S/c1-23(12-11-16-9-10-21-22(13-16)26-15-25-21)14-17-5-3-7-19-18(17)6-4-8-20(19)24-2/h4,6,8-10,13,17H,3,5,7,11-12,14-15H2,1-2H3. The molecule has 2 aliphatic rings. The molecular weight excluding hydrogens is 342 g/mol. The smallest absolute Gasteiger partial charge is 0.138 e. The molecule has 1 aliphatic carbocycles. The van der Waals surface area contributed by atoms with Gasteiger partial charge in [0.1, 0.15) is 17.4 Å². The number of likely N-dealkylation sites (N-methyl/N-ethyl adjacent to an activating group) is 1. The molecule has 0 saturated carbocycles. The first kappa shape index (κ1) is 17.7. The van der Waals surface area contributed by atoms with Gasteiger partial charge in [-0.2, -0.15) is 0 Å². The molecule has 1 heterocycles. The van der Waals surface area contributed by atoms with Crippen molar-refractivity contribution in [2.45, 2.75) is 36.5 Å². The molecule has 2 aromatic carbocycles. The van der Waals surface area contributed by atoms with E-state index in [0.29, 0.717) is 5.92 Å². The largest absolute Gasteiger partial charge is 0.496 e. The van der Waals surface area contributed by atoms with Gasteiger partial charge < -0.3 is 14.4 Å². The number of hydrogen-bond acceptors (Lipinski definition) is 4. The molecular formula is C22H27NO2S. The zero-order valence-corrected chi connectivity index (χ0v) is 16.5. The van der Waals surface area contributed by atoms with Crippen LogP contribution >= 0.6 is 11.8 Å². The van der Waals surface area contributed by atoms with Crippen molar-refractivity contribution in [3.05, 3.63) is 53.1 Å². The van der Waals surface area contributed by atoms with Crippen LogP contribution in [0.15, 0.2) is 41.3 Å². The number of fused-ring (bicyclic) bond motifs is 2. The lowest BCUT2D eigenvalue weighted by Crippen LogP contribution is -2.28. The van der Waals surface area contributed by atoms with Gasteiger partial charge in [0.05, 0.1) is 12.0 Å². The van der Waals surface area contributed by atoms with E-state index < -0.39 is 0 Å². The van der Waals surface area contributed by atoms with E-state index in [4.69, 9.17) is 9.47 Å². The van der Waals surface area contributed by atoms with Crippen molar-refractivity contribution in [1.29, 1.82) is 0 Å². The Morgan fingerprint density at radius 2 is 2.19 bits per heavy atom. The number of thioether (sulfide) groups is 1. The van der Waals surface area contributed by atoms with Crippen molar-refractivity contribution >= 4 is 11.8 Å². The lowest BCUT2D eigenvalue weighted by Gasteiger charge is -2.30. The van der Waals surface area contributed by atoms with Gasteiger partial charge in [-0.25, -0.2) is 0 Å². The van der Waals surface area contributed by atoms with Crippen molar-refractivity contribution in [2.24, 2.45) is 0 Å². The SMILES string of the molecule is COc1cccc2c1CCCC2CN(C)CCc1ccc2c(c1)SCO2. The molecule has 1 unspecified atom stereocenters. The maximum atomic E-state index is 5.58. The van der Waals surface area contributed by atoms with Crippen LogP contribution in [-0.2, 0) is 12.8 Å². The highest BCUT2D eigenvalue weighted by Crippen LogP contribution is 2.38. The molecule has 138 valence electrons. The van der Waals surface area contributed by atoms with E-state index in [2.05, 4.69) is 48.3 Å². The third kappa shape index (κ3) is 3.72. The summed E-state index contributed by atoms with van der Waals surface area (Å²) in [7, 11) is 4.03. The van der Waals surface area contributed by atoms with E-state index in [0.717, 1.165) is 43.4 Å². The lowest BCUT2D eigenvalue weighted by atomic mass is 9.82. The first-order valence-electron chi connectivity index (χ1n) is 9.47. The van der Waals surface area contributed by atoms with Crippen LogP contribution in [0.3, 0.4) is 0 Å². The van der Waals surface area contributed by atoms with Crippen LogP contribution in [0.2, 0.25) is 0 Å². The maximum Gasteiger partial charge on any atom is 0.138 e. The second-order valence-corrected chi connectivity index (χ2v) is 8.28. The summed E-state index contributed by atoms with van der Waals surface area (Å²) in [5, 5.41) is 0. The Labute approximate surface area is 160 Å². The van der Waals surface area contributed by atoms with Gasteiger partial charge in [-0.3, -0.25) is 0 Å². The molecule has 0 fully saturated rings. The minimum Gasteiger partial charge on any atom is -0.496 e. The number of hydrogen-bond donors (Lipinski definition) is 0. The number of ether oxygens (including phenoxy) is 2. The van der Waals surface area contributed by atoms with E-state index in [1.54, 1.807) is 18.9 Å². The molecule has 1 aliphatic heterocycles. The van der Waals surface area contributed by atoms with Crippen LogP contribution in [-0.4, -0.2) is 38.1 Å². The van der Waals surface area contributed by atoms with Crippen LogP contribution in [0.1, 0.15) is 35.4 Å². The molecule has 4 rings (SSSR count). The second-order valence-electron chi connectivity index (χ2n) is 7.32. The van der Waals surface area contributed by atoms with Crippen molar-refractivity contribution in [1.82, 2.24) is 4.90 Å². The molecule has 4 heteroatoms. The summed E-state index contributed by atoms with van der Waals surface area (Å²) in [5.74, 6) is 3.47. The number of rotatable bonds is 6. The summed E-state index contributed by atoms with van der Waals surface area (Å²) < 4.78 is 11.2. The Hall–Kier alpha value is -1.65.